The van der Waals surface area contributed by atoms with Crippen LogP contribution in [0.5, 0.6) is 0 Å². The first-order valence-corrected chi connectivity index (χ1v) is 4.85. The van der Waals surface area contributed by atoms with Crippen LogP contribution in [-0.2, 0) is 15.9 Å². The van der Waals surface area contributed by atoms with Crippen LogP contribution in [0.25, 0.3) is 0 Å². The number of hydrogen-bond acceptors (Lipinski definition) is 2. The standard InChI is InChI=1S/C10H13BrO2/c1-12-10(13-2)7-8-3-5-9(11)6-4-8/h3-6,10H,7H2,1-2H3. The van der Waals surface area contributed by atoms with Gasteiger partial charge in [-0.15, -0.1) is 0 Å². The number of methoxy groups -OCH3 is 2. The third kappa shape index (κ3) is 3.46. The highest BCUT2D eigenvalue weighted by atomic mass is 79.9. The normalized spacial score (nSPS) is 10.8. The van der Waals surface area contributed by atoms with E-state index in [-0.39, 0.29) is 6.29 Å². The minimum Gasteiger partial charge on any atom is -0.356 e. The summed E-state index contributed by atoms with van der Waals surface area (Å²) in [6.07, 6.45) is 0.626. The van der Waals surface area contributed by atoms with Crippen molar-refractivity contribution in [2.45, 2.75) is 12.7 Å². The lowest BCUT2D eigenvalue weighted by molar-refractivity contribution is -0.100. The van der Waals surface area contributed by atoms with Gasteiger partial charge in [-0.1, -0.05) is 28.1 Å². The molecule has 0 spiro atoms. The van der Waals surface area contributed by atoms with E-state index in [0.717, 1.165) is 10.9 Å². The molecule has 1 rings (SSSR count). The van der Waals surface area contributed by atoms with E-state index in [9.17, 15) is 0 Å². The van der Waals surface area contributed by atoms with Crippen LogP contribution in [0.15, 0.2) is 28.7 Å². The average molecular weight is 245 g/mol. The molecule has 1 aromatic rings. The highest BCUT2D eigenvalue weighted by Gasteiger charge is 2.05. The first-order valence-electron chi connectivity index (χ1n) is 4.06. The zero-order valence-electron chi connectivity index (χ0n) is 7.79. The Morgan fingerprint density at radius 3 is 2.15 bits per heavy atom. The molecule has 0 fully saturated rings. The lowest BCUT2D eigenvalue weighted by Crippen LogP contribution is -2.15. The minimum absolute atomic E-state index is 0.152. The molecule has 0 aromatic heterocycles. The van der Waals surface area contributed by atoms with E-state index in [0.29, 0.717) is 0 Å². The SMILES string of the molecule is COC(Cc1ccc(Br)cc1)OC. The first-order chi connectivity index (χ1) is 6.26. The van der Waals surface area contributed by atoms with Crippen molar-refractivity contribution in [1.82, 2.24) is 0 Å². The Morgan fingerprint density at radius 2 is 1.69 bits per heavy atom. The summed E-state index contributed by atoms with van der Waals surface area (Å²) in [5.74, 6) is 0. The molecule has 0 bridgehead atoms. The molecule has 3 heteroatoms. The molecule has 0 saturated heterocycles. The summed E-state index contributed by atoms with van der Waals surface area (Å²) in [6.45, 7) is 0. The Balaban J connectivity index is 2.58. The predicted octanol–water partition coefficient (Wildman–Crippen LogP) is 2.61. The topological polar surface area (TPSA) is 18.5 Å². The van der Waals surface area contributed by atoms with Gasteiger partial charge in [-0.25, -0.2) is 0 Å². The van der Waals surface area contributed by atoms with Crippen LogP contribution in [-0.4, -0.2) is 20.5 Å². The summed E-state index contributed by atoms with van der Waals surface area (Å²) in [5, 5.41) is 0. The van der Waals surface area contributed by atoms with E-state index < -0.39 is 0 Å². The van der Waals surface area contributed by atoms with Crippen LogP contribution >= 0.6 is 15.9 Å². The first kappa shape index (κ1) is 10.7. The van der Waals surface area contributed by atoms with Gasteiger partial charge in [-0.05, 0) is 17.7 Å². The second-order valence-corrected chi connectivity index (χ2v) is 3.65. The van der Waals surface area contributed by atoms with E-state index in [2.05, 4.69) is 28.1 Å². The monoisotopic (exact) mass is 244 g/mol. The smallest absolute Gasteiger partial charge is 0.160 e. The Bertz CT molecular complexity index is 242. The van der Waals surface area contributed by atoms with Crippen LogP contribution in [0.2, 0.25) is 0 Å². The van der Waals surface area contributed by atoms with Gasteiger partial charge < -0.3 is 9.47 Å². The zero-order chi connectivity index (χ0) is 9.68. The molecular formula is C10H13BrO2. The average Bonchev–Trinajstić information content (AvgIpc) is 2.17. The van der Waals surface area contributed by atoms with Crippen molar-refractivity contribution in [1.29, 1.82) is 0 Å². The van der Waals surface area contributed by atoms with Crippen molar-refractivity contribution >= 4 is 15.9 Å². The van der Waals surface area contributed by atoms with Gasteiger partial charge in [0, 0.05) is 25.1 Å². The van der Waals surface area contributed by atoms with Crippen molar-refractivity contribution in [2.75, 3.05) is 14.2 Å². The maximum absolute atomic E-state index is 5.10. The molecular weight excluding hydrogens is 232 g/mol. The van der Waals surface area contributed by atoms with Crippen molar-refractivity contribution in [2.24, 2.45) is 0 Å². The van der Waals surface area contributed by atoms with E-state index >= 15 is 0 Å². The lowest BCUT2D eigenvalue weighted by Gasteiger charge is -2.12. The van der Waals surface area contributed by atoms with Crippen molar-refractivity contribution in [3.63, 3.8) is 0 Å². The van der Waals surface area contributed by atoms with E-state index in [1.807, 2.05) is 12.1 Å². The molecule has 1 aromatic carbocycles. The van der Waals surface area contributed by atoms with Crippen molar-refractivity contribution in [3.8, 4) is 0 Å². The summed E-state index contributed by atoms with van der Waals surface area (Å²) >= 11 is 3.38. The van der Waals surface area contributed by atoms with Gasteiger partial charge in [0.25, 0.3) is 0 Å². The Labute approximate surface area is 87.0 Å². The molecule has 72 valence electrons. The number of benzene rings is 1. The highest BCUT2D eigenvalue weighted by Crippen LogP contribution is 2.12. The number of ether oxygens (including phenoxy) is 2. The molecule has 0 atom stereocenters. The fourth-order valence-electron chi connectivity index (χ4n) is 1.08. The highest BCUT2D eigenvalue weighted by molar-refractivity contribution is 9.10. The van der Waals surface area contributed by atoms with Gasteiger partial charge in [-0.2, -0.15) is 0 Å². The quantitative estimate of drug-likeness (QED) is 0.759. The maximum atomic E-state index is 5.10. The van der Waals surface area contributed by atoms with Crippen LogP contribution in [0.4, 0.5) is 0 Å². The van der Waals surface area contributed by atoms with E-state index in [4.69, 9.17) is 9.47 Å². The van der Waals surface area contributed by atoms with Crippen molar-refractivity contribution < 1.29 is 9.47 Å². The molecule has 13 heavy (non-hydrogen) atoms. The fraction of sp³-hybridized carbons (Fsp3) is 0.400. The van der Waals surface area contributed by atoms with Gasteiger partial charge in [0.15, 0.2) is 6.29 Å². The molecule has 0 unspecified atom stereocenters. The van der Waals surface area contributed by atoms with Crippen molar-refractivity contribution in [3.05, 3.63) is 34.3 Å². The van der Waals surface area contributed by atoms with Gasteiger partial charge >= 0.3 is 0 Å². The predicted molar refractivity (Wildman–Crippen MR) is 55.7 cm³/mol. The summed E-state index contributed by atoms with van der Waals surface area (Å²) < 4.78 is 11.3. The Morgan fingerprint density at radius 1 is 1.15 bits per heavy atom. The molecule has 2 nitrogen and oxygen atoms in total. The lowest BCUT2D eigenvalue weighted by atomic mass is 10.1. The second kappa shape index (κ2) is 5.37. The third-order valence-electron chi connectivity index (χ3n) is 1.84. The molecule has 0 N–H and O–H groups in total. The van der Waals surface area contributed by atoms with Gasteiger partial charge in [-0.3, -0.25) is 0 Å². The third-order valence-corrected chi connectivity index (χ3v) is 2.37. The van der Waals surface area contributed by atoms with E-state index in [1.54, 1.807) is 14.2 Å². The number of hydrogen-bond donors (Lipinski definition) is 0. The molecule has 0 heterocycles. The number of halogens is 1. The van der Waals surface area contributed by atoms with Crippen LogP contribution in [0.1, 0.15) is 5.56 Å². The summed E-state index contributed by atoms with van der Waals surface area (Å²) in [5.41, 5.74) is 1.21. The minimum atomic E-state index is -0.152. The summed E-state index contributed by atoms with van der Waals surface area (Å²) in [7, 11) is 3.29. The summed E-state index contributed by atoms with van der Waals surface area (Å²) in [6, 6.07) is 8.12. The maximum Gasteiger partial charge on any atom is 0.160 e. The van der Waals surface area contributed by atoms with Crippen LogP contribution < -0.4 is 0 Å². The molecule has 0 aliphatic heterocycles. The molecule has 0 radical (unpaired) electrons. The molecule has 0 amide bonds. The molecule has 0 aliphatic carbocycles. The Hall–Kier alpha value is -0.380. The molecule has 0 aliphatic rings. The zero-order valence-corrected chi connectivity index (χ0v) is 9.37. The van der Waals surface area contributed by atoms with Crippen LogP contribution in [0, 0.1) is 0 Å². The largest absolute Gasteiger partial charge is 0.356 e. The van der Waals surface area contributed by atoms with Gasteiger partial charge in [0.2, 0.25) is 0 Å². The van der Waals surface area contributed by atoms with Gasteiger partial charge in [0.05, 0.1) is 0 Å². The Kier molecular flexibility index (Phi) is 4.42. The van der Waals surface area contributed by atoms with Crippen LogP contribution in [0.3, 0.4) is 0 Å². The second-order valence-electron chi connectivity index (χ2n) is 2.73. The van der Waals surface area contributed by atoms with E-state index in [1.165, 1.54) is 5.56 Å². The molecule has 0 saturated carbocycles. The van der Waals surface area contributed by atoms with Gasteiger partial charge in [0.1, 0.15) is 0 Å². The number of rotatable bonds is 4. The fourth-order valence-corrected chi connectivity index (χ4v) is 1.34. The summed E-state index contributed by atoms with van der Waals surface area (Å²) in [4.78, 5) is 0.